The number of hydrogen-bond acceptors (Lipinski definition) is 2. The number of ether oxygens (including phenoxy) is 2. The molecule has 30 heavy (non-hydrogen) atoms. The van der Waals surface area contributed by atoms with Crippen LogP contribution < -0.4 is 0 Å². The van der Waals surface area contributed by atoms with Crippen LogP contribution in [0.4, 0.5) is 0 Å². The van der Waals surface area contributed by atoms with Gasteiger partial charge in [-0.2, -0.15) is 0 Å². The first-order valence-electron chi connectivity index (χ1n) is 12.9. The van der Waals surface area contributed by atoms with Gasteiger partial charge in [0, 0.05) is 12.3 Å². The summed E-state index contributed by atoms with van der Waals surface area (Å²) in [6.45, 7) is 15.0. The van der Waals surface area contributed by atoms with Crippen molar-refractivity contribution in [1.29, 1.82) is 0 Å². The molecular formula is C28H42O2. The highest BCUT2D eigenvalue weighted by Crippen LogP contribution is 2.70. The molecule has 6 rings (SSSR count). The van der Waals surface area contributed by atoms with E-state index in [0.29, 0.717) is 35.4 Å². The number of hydrogen-bond donors (Lipinski definition) is 0. The molecule has 2 heteroatoms. The Hall–Kier alpha value is -0.600. The van der Waals surface area contributed by atoms with Crippen molar-refractivity contribution in [1.82, 2.24) is 0 Å². The molecule has 0 aromatic rings. The van der Waals surface area contributed by atoms with Crippen molar-refractivity contribution in [2.45, 2.75) is 97.4 Å². The molecule has 3 saturated carbocycles. The second-order valence-electron chi connectivity index (χ2n) is 12.7. The molecule has 2 saturated heterocycles. The van der Waals surface area contributed by atoms with Gasteiger partial charge in [0.15, 0.2) is 5.79 Å². The summed E-state index contributed by atoms with van der Waals surface area (Å²) in [5, 5.41) is 0. The maximum atomic E-state index is 6.88. The zero-order chi connectivity index (χ0) is 20.9. The highest BCUT2D eigenvalue weighted by Gasteiger charge is 2.68. The fourth-order valence-electron chi connectivity index (χ4n) is 9.69. The van der Waals surface area contributed by atoms with Crippen molar-refractivity contribution in [2.24, 2.45) is 46.3 Å². The minimum Gasteiger partial charge on any atom is -0.346 e. The lowest BCUT2D eigenvalue weighted by molar-refractivity contribution is -0.255. The lowest BCUT2D eigenvalue weighted by Gasteiger charge is -2.58. The van der Waals surface area contributed by atoms with Gasteiger partial charge >= 0.3 is 0 Å². The van der Waals surface area contributed by atoms with E-state index in [-0.39, 0.29) is 5.79 Å². The molecule has 166 valence electrons. The van der Waals surface area contributed by atoms with E-state index in [4.69, 9.17) is 9.47 Å². The highest BCUT2D eigenvalue weighted by atomic mass is 16.7. The molecular weight excluding hydrogens is 368 g/mol. The molecule has 1 spiro atoms. The van der Waals surface area contributed by atoms with Gasteiger partial charge < -0.3 is 9.47 Å². The molecule has 10 atom stereocenters. The predicted octanol–water partition coefficient (Wildman–Crippen LogP) is 6.91. The molecule has 0 aromatic heterocycles. The van der Waals surface area contributed by atoms with E-state index < -0.39 is 0 Å². The molecule has 8 unspecified atom stereocenters. The highest BCUT2D eigenvalue weighted by molar-refractivity contribution is 5.26. The van der Waals surface area contributed by atoms with Crippen molar-refractivity contribution in [3.05, 3.63) is 23.8 Å². The second-order valence-corrected chi connectivity index (χ2v) is 12.7. The average Bonchev–Trinajstić information content (AvgIpc) is 3.16. The van der Waals surface area contributed by atoms with Crippen LogP contribution in [0.3, 0.4) is 0 Å². The van der Waals surface area contributed by atoms with E-state index in [2.05, 4.69) is 40.3 Å². The smallest absolute Gasteiger partial charge is 0.172 e. The Morgan fingerprint density at radius 1 is 1.07 bits per heavy atom. The summed E-state index contributed by atoms with van der Waals surface area (Å²) in [4.78, 5) is 0. The summed E-state index contributed by atoms with van der Waals surface area (Å²) in [6.07, 6.45) is 14.8. The van der Waals surface area contributed by atoms with Crippen molar-refractivity contribution < 1.29 is 9.47 Å². The minimum absolute atomic E-state index is 0.327. The molecule has 6 aliphatic rings. The zero-order valence-electron chi connectivity index (χ0n) is 19.7. The van der Waals surface area contributed by atoms with Crippen LogP contribution in [0, 0.1) is 46.3 Å². The van der Waals surface area contributed by atoms with Gasteiger partial charge in [-0.3, -0.25) is 0 Å². The summed E-state index contributed by atoms with van der Waals surface area (Å²) >= 11 is 0. The molecule has 2 aliphatic heterocycles. The first-order valence-corrected chi connectivity index (χ1v) is 12.9. The monoisotopic (exact) mass is 410 g/mol. The van der Waals surface area contributed by atoms with Crippen LogP contribution in [-0.4, -0.2) is 18.5 Å². The van der Waals surface area contributed by atoms with Crippen LogP contribution in [0.2, 0.25) is 0 Å². The number of rotatable bonds is 0. The molecule has 4 aliphatic carbocycles. The molecule has 5 fully saturated rings. The van der Waals surface area contributed by atoms with Gasteiger partial charge in [0.25, 0.3) is 0 Å². The Morgan fingerprint density at radius 3 is 2.67 bits per heavy atom. The maximum Gasteiger partial charge on any atom is 0.172 e. The topological polar surface area (TPSA) is 18.5 Å². The van der Waals surface area contributed by atoms with E-state index in [1.54, 1.807) is 0 Å². The van der Waals surface area contributed by atoms with Gasteiger partial charge in [-0.05, 0) is 91.8 Å². The predicted molar refractivity (Wildman–Crippen MR) is 121 cm³/mol. The van der Waals surface area contributed by atoms with Crippen LogP contribution in [0.1, 0.15) is 85.5 Å². The Kier molecular flexibility index (Phi) is 4.32. The standard InChI is InChI=1S/C28H42O2/c1-17-8-11-26(4)20(14-17)6-7-21-22(26)10-12-27(5)23(21)15-24-25(27)19(3)28(30-24)13-9-18(2)16-29-28/h6,17,19,21-25H,2,7-16H2,1,3-5H3/t17?,19?,21?,22?,23?,24?,25?,26-,27-,28?/m0/s1. The van der Waals surface area contributed by atoms with Gasteiger partial charge in [-0.25, -0.2) is 0 Å². The van der Waals surface area contributed by atoms with E-state index in [1.165, 1.54) is 50.5 Å². The van der Waals surface area contributed by atoms with Crippen LogP contribution in [0.15, 0.2) is 23.8 Å². The van der Waals surface area contributed by atoms with E-state index in [9.17, 15) is 0 Å². The molecule has 0 aromatic carbocycles. The van der Waals surface area contributed by atoms with Gasteiger partial charge in [0.05, 0.1) is 12.7 Å². The van der Waals surface area contributed by atoms with E-state index >= 15 is 0 Å². The Balaban J connectivity index is 1.29. The second kappa shape index (κ2) is 6.47. The molecule has 0 radical (unpaired) electrons. The van der Waals surface area contributed by atoms with Gasteiger partial charge in [-0.1, -0.05) is 51.5 Å². The number of fused-ring (bicyclic) bond motifs is 7. The first-order chi connectivity index (χ1) is 14.3. The molecule has 0 amide bonds. The van der Waals surface area contributed by atoms with Crippen molar-refractivity contribution in [3.63, 3.8) is 0 Å². The third-order valence-corrected chi connectivity index (χ3v) is 11.4. The molecule has 2 nitrogen and oxygen atoms in total. The molecule has 0 bridgehead atoms. The summed E-state index contributed by atoms with van der Waals surface area (Å²) in [5.41, 5.74) is 3.97. The lowest BCUT2D eigenvalue weighted by Crippen LogP contribution is -2.52. The van der Waals surface area contributed by atoms with Gasteiger partial charge in [0.1, 0.15) is 0 Å². The largest absolute Gasteiger partial charge is 0.346 e. The number of allylic oxidation sites excluding steroid dienone is 2. The zero-order valence-corrected chi connectivity index (χ0v) is 19.7. The fourth-order valence-corrected chi connectivity index (χ4v) is 9.69. The van der Waals surface area contributed by atoms with Gasteiger partial charge in [0.2, 0.25) is 0 Å². The van der Waals surface area contributed by atoms with Crippen LogP contribution in [0.25, 0.3) is 0 Å². The maximum absolute atomic E-state index is 6.88. The summed E-state index contributed by atoms with van der Waals surface area (Å²) in [7, 11) is 0. The van der Waals surface area contributed by atoms with E-state index in [1.807, 2.05) is 5.57 Å². The fraction of sp³-hybridized carbons (Fsp3) is 0.857. The molecule has 0 N–H and O–H groups in total. The summed E-state index contributed by atoms with van der Waals surface area (Å²) in [6, 6.07) is 0. The third kappa shape index (κ3) is 2.50. The minimum atomic E-state index is -0.327. The summed E-state index contributed by atoms with van der Waals surface area (Å²) in [5.74, 6) is 4.33. The summed E-state index contributed by atoms with van der Waals surface area (Å²) < 4.78 is 13.3. The molecule has 2 heterocycles. The van der Waals surface area contributed by atoms with E-state index in [0.717, 1.165) is 36.5 Å². The van der Waals surface area contributed by atoms with Crippen LogP contribution in [-0.2, 0) is 9.47 Å². The quantitative estimate of drug-likeness (QED) is 0.404. The van der Waals surface area contributed by atoms with Gasteiger partial charge in [-0.15, -0.1) is 0 Å². The van der Waals surface area contributed by atoms with Crippen molar-refractivity contribution in [3.8, 4) is 0 Å². The average molecular weight is 411 g/mol. The van der Waals surface area contributed by atoms with Crippen LogP contribution >= 0.6 is 0 Å². The SMILES string of the molecule is C=C1CCC2(OC1)OC1CC3C4CC=C5CC(C)CC[C@]5(C)C4CC[C@]3(C)C1C2C. The third-order valence-electron chi connectivity index (χ3n) is 11.4. The lowest BCUT2D eigenvalue weighted by atomic mass is 9.46. The van der Waals surface area contributed by atoms with Crippen molar-refractivity contribution in [2.75, 3.05) is 6.61 Å². The Bertz CT molecular complexity index is 772. The van der Waals surface area contributed by atoms with Crippen molar-refractivity contribution >= 4 is 0 Å². The Labute approximate surface area is 183 Å². The first kappa shape index (κ1) is 20.0. The van der Waals surface area contributed by atoms with Crippen LogP contribution in [0.5, 0.6) is 0 Å². The Morgan fingerprint density at radius 2 is 1.90 bits per heavy atom. The normalized spacial score (nSPS) is 57.4.